The molecule has 30 heavy (non-hydrogen) atoms. The number of carbonyl (C=O) groups excluding carboxylic acids is 1. The van der Waals surface area contributed by atoms with Crippen LogP contribution in [0, 0.1) is 6.92 Å². The van der Waals surface area contributed by atoms with Crippen molar-refractivity contribution in [2.24, 2.45) is 0 Å². The third-order valence-electron chi connectivity index (χ3n) is 5.36. The molecule has 0 saturated carbocycles. The lowest BCUT2D eigenvalue weighted by Gasteiger charge is -2.29. The standard InChI is InChI=1S/C23H26N2O4S/c1-3-7-22(23(26)24-27)30(28,29)25-14-12-18(13-15-25)20-10-11-21(17(2)16-20)19-8-5-4-6-9-19/h3-6,8-12,16,22,27H,1,7,13-15H2,2H3,(H,24,26). The van der Waals surface area contributed by atoms with E-state index < -0.39 is 21.2 Å². The maximum absolute atomic E-state index is 12.9. The highest BCUT2D eigenvalue weighted by atomic mass is 32.2. The zero-order valence-electron chi connectivity index (χ0n) is 16.9. The molecule has 1 heterocycles. The summed E-state index contributed by atoms with van der Waals surface area (Å²) in [5.41, 5.74) is 7.08. The van der Waals surface area contributed by atoms with Gasteiger partial charge in [0.1, 0.15) is 0 Å². The van der Waals surface area contributed by atoms with Crippen LogP contribution in [-0.2, 0) is 14.8 Å². The van der Waals surface area contributed by atoms with Crippen molar-refractivity contribution >= 4 is 21.5 Å². The number of hydrogen-bond acceptors (Lipinski definition) is 4. The van der Waals surface area contributed by atoms with Crippen molar-refractivity contribution < 1.29 is 18.4 Å². The Morgan fingerprint density at radius 2 is 1.97 bits per heavy atom. The van der Waals surface area contributed by atoms with E-state index >= 15 is 0 Å². The number of hydroxylamine groups is 1. The first-order valence-corrected chi connectivity index (χ1v) is 11.3. The SMILES string of the molecule is C=CCC(C(=O)NO)S(=O)(=O)N1CC=C(c2ccc(-c3ccccc3)c(C)c2)CC1. The van der Waals surface area contributed by atoms with Gasteiger partial charge in [0, 0.05) is 13.1 Å². The lowest BCUT2D eigenvalue weighted by molar-refractivity contribution is -0.128. The molecule has 1 aliphatic heterocycles. The fraction of sp³-hybridized carbons (Fsp3) is 0.261. The second-order valence-corrected chi connectivity index (χ2v) is 9.38. The largest absolute Gasteiger partial charge is 0.289 e. The number of allylic oxidation sites excluding steroid dienone is 1. The third-order valence-corrected chi connectivity index (χ3v) is 7.53. The predicted octanol–water partition coefficient (Wildman–Crippen LogP) is 3.53. The smallest absolute Gasteiger partial charge is 0.263 e. The highest BCUT2D eigenvalue weighted by Crippen LogP contribution is 2.30. The van der Waals surface area contributed by atoms with Crippen LogP contribution in [0.4, 0.5) is 0 Å². The molecule has 0 fully saturated rings. The molecule has 1 unspecified atom stereocenters. The minimum Gasteiger partial charge on any atom is -0.289 e. The topological polar surface area (TPSA) is 86.7 Å². The van der Waals surface area contributed by atoms with Gasteiger partial charge >= 0.3 is 0 Å². The molecule has 0 saturated heterocycles. The second-order valence-electron chi connectivity index (χ2n) is 7.27. The average Bonchev–Trinajstić information content (AvgIpc) is 2.77. The summed E-state index contributed by atoms with van der Waals surface area (Å²) in [6.07, 6.45) is 3.73. The van der Waals surface area contributed by atoms with Gasteiger partial charge in [-0.3, -0.25) is 10.0 Å². The van der Waals surface area contributed by atoms with Crippen molar-refractivity contribution in [1.29, 1.82) is 0 Å². The normalized spacial score (nSPS) is 15.9. The van der Waals surface area contributed by atoms with Crippen LogP contribution in [-0.4, -0.2) is 42.2 Å². The number of amides is 1. The molecule has 0 aromatic heterocycles. The Kier molecular flexibility index (Phi) is 6.87. The van der Waals surface area contributed by atoms with Crippen LogP contribution in [0.3, 0.4) is 0 Å². The van der Waals surface area contributed by atoms with Crippen molar-refractivity contribution in [3.05, 3.63) is 78.4 Å². The van der Waals surface area contributed by atoms with Gasteiger partial charge in [0.25, 0.3) is 5.91 Å². The number of benzene rings is 2. The van der Waals surface area contributed by atoms with Gasteiger partial charge in [-0.15, -0.1) is 6.58 Å². The highest BCUT2D eigenvalue weighted by Gasteiger charge is 2.37. The van der Waals surface area contributed by atoms with Crippen LogP contribution in [0.2, 0.25) is 0 Å². The molecule has 7 heteroatoms. The van der Waals surface area contributed by atoms with E-state index in [0.717, 1.165) is 22.3 Å². The van der Waals surface area contributed by atoms with E-state index in [1.54, 1.807) is 0 Å². The summed E-state index contributed by atoms with van der Waals surface area (Å²) in [6, 6.07) is 16.4. The van der Waals surface area contributed by atoms with E-state index in [1.165, 1.54) is 21.4 Å². The van der Waals surface area contributed by atoms with Gasteiger partial charge < -0.3 is 0 Å². The first-order chi connectivity index (χ1) is 14.4. The van der Waals surface area contributed by atoms with Gasteiger partial charge in [0.05, 0.1) is 0 Å². The molecule has 2 N–H and O–H groups in total. The van der Waals surface area contributed by atoms with Crippen molar-refractivity contribution in [2.75, 3.05) is 13.1 Å². The van der Waals surface area contributed by atoms with E-state index in [9.17, 15) is 13.2 Å². The Morgan fingerprint density at radius 3 is 2.53 bits per heavy atom. The number of nitrogens with one attached hydrogen (secondary N) is 1. The Labute approximate surface area is 177 Å². The monoisotopic (exact) mass is 426 g/mol. The van der Waals surface area contributed by atoms with Crippen molar-refractivity contribution in [1.82, 2.24) is 9.79 Å². The summed E-state index contributed by atoms with van der Waals surface area (Å²) in [5, 5.41) is 7.50. The molecule has 0 aliphatic carbocycles. The Balaban J connectivity index is 1.80. The Morgan fingerprint density at radius 1 is 1.23 bits per heavy atom. The van der Waals surface area contributed by atoms with Gasteiger partial charge in [-0.05, 0) is 47.6 Å². The summed E-state index contributed by atoms with van der Waals surface area (Å²) in [6.45, 7) is 6.04. The van der Waals surface area contributed by atoms with E-state index in [1.807, 2.05) is 24.3 Å². The fourth-order valence-electron chi connectivity index (χ4n) is 3.72. The van der Waals surface area contributed by atoms with Crippen LogP contribution in [0.1, 0.15) is 24.0 Å². The fourth-order valence-corrected chi connectivity index (χ4v) is 5.41. The molecule has 158 valence electrons. The molecule has 3 rings (SSSR count). The number of aryl methyl sites for hydroxylation is 1. The quantitative estimate of drug-likeness (QED) is 0.403. The predicted molar refractivity (Wildman–Crippen MR) is 118 cm³/mol. The second kappa shape index (κ2) is 9.38. The summed E-state index contributed by atoms with van der Waals surface area (Å²) in [4.78, 5) is 11.8. The zero-order chi connectivity index (χ0) is 21.7. The number of sulfonamides is 1. The van der Waals surface area contributed by atoms with Gasteiger partial charge in [-0.2, -0.15) is 4.31 Å². The third kappa shape index (κ3) is 4.53. The number of nitrogens with zero attached hydrogens (tertiary/aromatic N) is 1. The Hall–Kier alpha value is -2.74. The van der Waals surface area contributed by atoms with Crippen molar-refractivity contribution in [3.63, 3.8) is 0 Å². The molecule has 6 nitrogen and oxygen atoms in total. The van der Waals surface area contributed by atoms with Crippen LogP contribution in [0.5, 0.6) is 0 Å². The van der Waals surface area contributed by atoms with Gasteiger partial charge in [-0.25, -0.2) is 13.9 Å². The van der Waals surface area contributed by atoms with Crippen LogP contribution in [0.15, 0.2) is 67.3 Å². The molecule has 1 amide bonds. The summed E-state index contributed by atoms with van der Waals surface area (Å²) in [7, 11) is -3.91. The minimum atomic E-state index is -3.91. The maximum Gasteiger partial charge on any atom is 0.263 e. The van der Waals surface area contributed by atoms with Gasteiger partial charge in [-0.1, -0.05) is 60.7 Å². The molecular formula is C23H26N2O4S. The number of carbonyl (C=O) groups is 1. The zero-order valence-corrected chi connectivity index (χ0v) is 17.7. The summed E-state index contributed by atoms with van der Waals surface area (Å²) in [5.74, 6) is -0.947. The molecule has 0 radical (unpaired) electrons. The molecular weight excluding hydrogens is 400 g/mol. The van der Waals surface area contributed by atoms with Crippen molar-refractivity contribution in [2.45, 2.75) is 25.0 Å². The van der Waals surface area contributed by atoms with E-state index in [2.05, 4.69) is 43.8 Å². The molecule has 0 spiro atoms. The van der Waals surface area contributed by atoms with Crippen LogP contribution in [0.25, 0.3) is 16.7 Å². The summed E-state index contributed by atoms with van der Waals surface area (Å²) >= 11 is 0. The molecule has 1 aliphatic rings. The first kappa shape index (κ1) is 22.0. The first-order valence-electron chi connectivity index (χ1n) is 9.77. The highest BCUT2D eigenvalue weighted by molar-refractivity contribution is 7.90. The minimum absolute atomic E-state index is 0.0675. The van der Waals surface area contributed by atoms with E-state index in [4.69, 9.17) is 5.21 Å². The molecule has 1 atom stereocenters. The lowest BCUT2D eigenvalue weighted by Crippen LogP contribution is -2.47. The van der Waals surface area contributed by atoms with Crippen LogP contribution >= 0.6 is 0 Å². The van der Waals surface area contributed by atoms with Gasteiger partial charge in [0.2, 0.25) is 10.0 Å². The molecule has 0 bridgehead atoms. The van der Waals surface area contributed by atoms with Crippen molar-refractivity contribution in [3.8, 4) is 11.1 Å². The Bertz CT molecular complexity index is 1060. The molecule has 2 aromatic carbocycles. The van der Waals surface area contributed by atoms with E-state index in [0.29, 0.717) is 6.42 Å². The summed E-state index contributed by atoms with van der Waals surface area (Å²) < 4.78 is 27.0. The lowest BCUT2D eigenvalue weighted by atomic mass is 9.94. The van der Waals surface area contributed by atoms with Crippen LogP contribution < -0.4 is 5.48 Å². The number of hydrogen-bond donors (Lipinski definition) is 2. The number of rotatable bonds is 7. The molecule has 2 aromatic rings. The van der Waals surface area contributed by atoms with E-state index in [-0.39, 0.29) is 19.5 Å². The average molecular weight is 427 g/mol. The van der Waals surface area contributed by atoms with Gasteiger partial charge in [0.15, 0.2) is 5.25 Å². The maximum atomic E-state index is 12.9.